The lowest BCUT2D eigenvalue weighted by Crippen LogP contribution is -2.03. The van der Waals surface area contributed by atoms with E-state index in [1.54, 1.807) is 23.5 Å². The number of hydrogen-bond acceptors (Lipinski definition) is 6. The molecule has 5 aromatic carbocycles. The molecular formula is C38H32O4S2. The van der Waals surface area contributed by atoms with E-state index in [4.69, 9.17) is 9.47 Å². The molecule has 0 aromatic heterocycles. The van der Waals surface area contributed by atoms with Crippen molar-refractivity contribution in [2.45, 2.75) is 9.79 Å². The van der Waals surface area contributed by atoms with E-state index in [9.17, 15) is 9.59 Å². The molecule has 0 aliphatic rings. The van der Waals surface area contributed by atoms with Crippen molar-refractivity contribution >= 4 is 46.2 Å². The van der Waals surface area contributed by atoms with Crippen molar-refractivity contribution in [3.8, 4) is 33.4 Å². The zero-order valence-corrected chi connectivity index (χ0v) is 25.9. The Bertz CT molecular complexity index is 1780. The van der Waals surface area contributed by atoms with Crippen molar-refractivity contribution in [1.29, 1.82) is 0 Å². The van der Waals surface area contributed by atoms with E-state index in [1.807, 2.05) is 0 Å². The summed E-state index contributed by atoms with van der Waals surface area (Å²) < 4.78 is 10.2. The van der Waals surface area contributed by atoms with Crippen LogP contribution < -0.4 is 0 Å². The van der Waals surface area contributed by atoms with Crippen LogP contribution in [0.4, 0.5) is 0 Å². The van der Waals surface area contributed by atoms with E-state index in [0.717, 1.165) is 37.6 Å². The van der Waals surface area contributed by atoms with Gasteiger partial charge in [-0.1, -0.05) is 86.0 Å². The zero-order chi connectivity index (χ0) is 30.7. The van der Waals surface area contributed by atoms with Crippen LogP contribution in [-0.2, 0) is 19.1 Å². The third-order valence-electron chi connectivity index (χ3n) is 6.96. The lowest BCUT2D eigenvalue weighted by Gasteiger charge is -2.17. The molecular weight excluding hydrogens is 585 g/mol. The number of benzene rings is 5. The fraction of sp³-hybridized carbons (Fsp3) is 0.105. The second kappa shape index (κ2) is 15.3. The zero-order valence-electron chi connectivity index (χ0n) is 24.2. The lowest BCUT2D eigenvalue weighted by atomic mass is 9.87. The molecule has 0 saturated carbocycles. The molecule has 0 amide bonds. The van der Waals surface area contributed by atoms with Crippen LogP contribution in [0.5, 0.6) is 0 Å². The van der Waals surface area contributed by atoms with Crippen LogP contribution in [0, 0.1) is 0 Å². The molecule has 5 rings (SSSR count). The van der Waals surface area contributed by atoms with Gasteiger partial charge in [-0.15, -0.1) is 23.5 Å². The first kappa shape index (κ1) is 30.9. The fourth-order valence-electron chi connectivity index (χ4n) is 4.85. The third kappa shape index (κ3) is 7.90. The van der Waals surface area contributed by atoms with E-state index in [-0.39, 0.29) is 0 Å². The van der Waals surface area contributed by atoms with Crippen LogP contribution in [0.25, 0.3) is 44.2 Å². The highest BCUT2D eigenvalue weighted by Crippen LogP contribution is 2.41. The minimum Gasteiger partial charge on any atom is -0.462 e. The van der Waals surface area contributed by atoms with Crippen molar-refractivity contribution in [3.63, 3.8) is 0 Å². The van der Waals surface area contributed by atoms with Gasteiger partial charge in [-0.25, -0.2) is 9.59 Å². The molecule has 0 radical (unpaired) electrons. The van der Waals surface area contributed by atoms with Gasteiger partial charge in [0.25, 0.3) is 0 Å². The van der Waals surface area contributed by atoms with Gasteiger partial charge in [0.15, 0.2) is 0 Å². The van der Waals surface area contributed by atoms with E-state index in [2.05, 4.69) is 122 Å². The van der Waals surface area contributed by atoms with Crippen molar-refractivity contribution < 1.29 is 19.1 Å². The topological polar surface area (TPSA) is 52.6 Å². The molecule has 0 saturated heterocycles. The van der Waals surface area contributed by atoms with Crippen molar-refractivity contribution in [3.05, 3.63) is 135 Å². The van der Waals surface area contributed by atoms with Gasteiger partial charge in [-0.05, 0) is 80.6 Å². The maximum absolute atomic E-state index is 11.3. The number of carbonyl (C=O) groups excluding carboxylic acids is 2. The highest BCUT2D eigenvalue weighted by molar-refractivity contribution is 7.99. The number of fused-ring (bicyclic) bond motifs is 1. The van der Waals surface area contributed by atoms with Crippen molar-refractivity contribution in [1.82, 2.24) is 0 Å². The van der Waals surface area contributed by atoms with Gasteiger partial charge in [0, 0.05) is 33.4 Å². The summed E-state index contributed by atoms with van der Waals surface area (Å²) in [5.74, 6) is 0.553. The van der Waals surface area contributed by atoms with Gasteiger partial charge in [0.2, 0.25) is 0 Å². The molecule has 0 fully saturated rings. The van der Waals surface area contributed by atoms with Crippen LogP contribution in [0.2, 0.25) is 0 Å². The van der Waals surface area contributed by atoms with Crippen LogP contribution in [0.1, 0.15) is 0 Å². The summed E-state index contributed by atoms with van der Waals surface area (Å²) in [6.45, 7) is 7.54. The Morgan fingerprint density at radius 3 is 1.48 bits per heavy atom. The average Bonchev–Trinajstić information content (AvgIpc) is 3.08. The smallest absolute Gasteiger partial charge is 0.330 e. The Hall–Kier alpha value is -4.52. The molecule has 220 valence electrons. The normalized spacial score (nSPS) is 10.7. The van der Waals surface area contributed by atoms with Crippen LogP contribution in [-0.4, -0.2) is 36.7 Å². The number of ether oxygens (including phenoxy) is 2. The standard InChI is InChI=1S/C38H32O4S2/c1-3-37(39)41-21-23-43-31-17-13-27(14-18-31)33-11-7-8-12-34(33)36-26-30-10-6-5-9-29(30)25-35(36)28-15-19-32(20-16-28)44-24-22-42-38(40)4-2/h3-20,25-26H,1-2,21-24H2. The van der Waals surface area contributed by atoms with E-state index in [0.29, 0.717) is 24.7 Å². The van der Waals surface area contributed by atoms with Gasteiger partial charge in [0.05, 0.1) is 0 Å². The van der Waals surface area contributed by atoms with Gasteiger partial charge in [-0.2, -0.15) is 0 Å². The summed E-state index contributed by atoms with van der Waals surface area (Å²) in [6.07, 6.45) is 2.36. The second-order valence-electron chi connectivity index (χ2n) is 9.78. The Kier molecular flexibility index (Phi) is 10.7. The number of rotatable bonds is 13. The SMILES string of the molecule is C=CC(=O)OCCSc1ccc(-c2ccccc2-c2cc3ccccc3cc2-c2ccc(SCCOC(=O)C=C)cc2)cc1. The largest absolute Gasteiger partial charge is 0.462 e. The number of hydrogen-bond donors (Lipinski definition) is 0. The highest BCUT2D eigenvalue weighted by Gasteiger charge is 2.14. The molecule has 0 heterocycles. The minimum atomic E-state index is -0.399. The quantitative estimate of drug-likeness (QED) is 0.0568. The van der Waals surface area contributed by atoms with Gasteiger partial charge in [0.1, 0.15) is 13.2 Å². The maximum atomic E-state index is 11.3. The summed E-state index contributed by atoms with van der Waals surface area (Å²) in [5.41, 5.74) is 6.90. The summed E-state index contributed by atoms with van der Waals surface area (Å²) in [4.78, 5) is 24.8. The second-order valence-corrected chi connectivity index (χ2v) is 12.1. The predicted octanol–water partition coefficient (Wildman–Crippen LogP) is 9.48. The van der Waals surface area contributed by atoms with Crippen molar-refractivity contribution in [2.75, 3.05) is 24.7 Å². The monoisotopic (exact) mass is 616 g/mol. The lowest BCUT2D eigenvalue weighted by molar-refractivity contribution is -0.138. The first-order valence-electron chi connectivity index (χ1n) is 14.2. The molecule has 0 atom stereocenters. The van der Waals surface area contributed by atoms with E-state index >= 15 is 0 Å². The van der Waals surface area contributed by atoms with Crippen LogP contribution >= 0.6 is 23.5 Å². The highest BCUT2D eigenvalue weighted by atomic mass is 32.2. The third-order valence-corrected chi connectivity index (χ3v) is 8.91. The van der Waals surface area contributed by atoms with Gasteiger partial charge >= 0.3 is 11.9 Å². The molecule has 6 heteroatoms. The average molecular weight is 617 g/mol. The number of carbonyl (C=O) groups is 2. The molecule has 0 bridgehead atoms. The van der Waals surface area contributed by atoms with E-state index < -0.39 is 11.9 Å². The molecule has 4 nitrogen and oxygen atoms in total. The Balaban J connectivity index is 1.43. The van der Waals surface area contributed by atoms with Crippen molar-refractivity contribution in [2.24, 2.45) is 0 Å². The Morgan fingerprint density at radius 2 is 0.977 bits per heavy atom. The summed E-state index contributed by atoms with van der Waals surface area (Å²) in [7, 11) is 0. The van der Waals surface area contributed by atoms with Crippen LogP contribution in [0.3, 0.4) is 0 Å². The molecule has 0 aliphatic carbocycles. The summed E-state index contributed by atoms with van der Waals surface area (Å²) in [5, 5.41) is 2.37. The molecule has 0 aliphatic heterocycles. The number of thioether (sulfide) groups is 2. The molecule has 0 unspecified atom stereocenters. The predicted molar refractivity (Wildman–Crippen MR) is 184 cm³/mol. The molecule has 0 N–H and O–H groups in total. The summed E-state index contributed by atoms with van der Waals surface area (Å²) >= 11 is 3.30. The molecule has 44 heavy (non-hydrogen) atoms. The maximum Gasteiger partial charge on any atom is 0.330 e. The van der Waals surface area contributed by atoms with Crippen LogP contribution in [0.15, 0.2) is 144 Å². The Morgan fingerprint density at radius 1 is 0.545 bits per heavy atom. The Labute approximate surface area is 266 Å². The minimum absolute atomic E-state index is 0.341. The van der Waals surface area contributed by atoms with Gasteiger partial charge < -0.3 is 9.47 Å². The first-order valence-corrected chi connectivity index (χ1v) is 16.2. The van der Waals surface area contributed by atoms with E-state index in [1.165, 1.54) is 28.5 Å². The molecule has 5 aromatic rings. The first-order chi connectivity index (χ1) is 21.6. The van der Waals surface area contributed by atoms with Gasteiger partial charge in [-0.3, -0.25) is 0 Å². The fourth-order valence-corrected chi connectivity index (χ4v) is 6.32. The summed E-state index contributed by atoms with van der Waals surface area (Å²) in [6, 6.07) is 38.6. The molecule has 0 spiro atoms. The number of esters is 2.